The van der Waals surface area contributed by atoms with Gasteiger partial charge in [-0.1, -0.05) is 30.3 Å². The second kappa shape index (κ2) is 6.12. The molecule has 0 atom stereocenters. The third-order valence-corrected chi connectivity index (χ3v) is 3.98. The minimum atomic E-state index is -0.993. The Morgan fingerprint density at radius 3 is 2.04 bits per heavy atom. The molecule has 23 heavy (non-hydrogen) atoms. The summed E-state index contributed by atoms with van der Waals surface area (Å²) in [6.45, 7) is 1.70. The fraction of sp³-hybridized carbons (Fsp3) is 0.0588. The van der Waals surface area contributed by atoms with Crippen LogP contribution >= 0.6 is 15.9 Å². The van der Waals surface area contributed by atoms with Crippen LogP contribution in [0.1, 0.15) is 5.69 Å². The van der Waals surface area contributed by atoms with Crippen LogP contribution in [0, 0.1) is 24.4 Å². The van der Waals surface area contributed by atoms with E-state index in [-0.39, 0.29) is 15.7 Å². The van der Waals surface area contributed by atoms with Crippen molar-refractivity contribution < 1.29 is 13.2 Å². The Morgan fingerprint density at radius 1 is 0.826 bits per heavy atom. The van der Waals surface area contributed by atoms with Crippen molar-refractivity contribution in [3.8, 4) is 22.3 Å². The first kappa shape index (κ1) is 15.7. The molecule has 0 saturated carbocycles. The number of hydrogen-bond donors (Lipinski definition) is 0. The van der Waals surface area contributed by atoms with Gasteiger partial charge in [-0.3, -0.25) is 0 Å². The molecule has 0 radical (unpaired) electrons. The minimum absolute atomic E-state index is 0.186. The van der Waals surface area contributed by atoms with Crippen molar-refractivity contribution in [3.63, 3.8) is 0 Å². The lowest BCUT2D eigenvalue weighted by atomic mass is 9.94. The van der Waals surface area contributed by atoms with Gasteiger partial charge >= 0.3 is 0 Å². The van der Waals surface area contributed by atoms with E-state index in [1.165, 1.54) is 0 Å². The number of benzene rings is 2. The maximum atomic E-state index is 14.3. The molecule has 2 aromatic carbocycles. The number of halogens is 4. The van der Waals surface area contributed by atoms with Crippen molar-refractivity contribution in [2.75, 3.05) is 0 Å². The molecule has 0 bridgehead atoms. The quantitative estimate of drug-likeness (QED) is 0.604. The number of aromatic nitrogens is 2. The maximum absolute atomic E-state index is 14.3. The highest BCUT2D eigenvalue weighted by Gasteiger charge is 2.23. The van der Waals surface area contributed by atoms with Crippen LogP contribution in [0.25, 0.3) is 22.3 Å². The minimum Gasteiger partial charge on any atom is -0.207 e. The van der Waals surface area contributed by atoms with Crippen molar-refractivity contribution >= 4 is 15.9 Å². The molecule has 0 aliphatic rings. The summed E-state index contributed by atoms with van der Waals surface area (Å²) in [5, 5.41) is 7.89. The van der Waals surface area contributed by atoms with Gasteiger partial charge < -0.3 is 0 Å². The lowest BCUT2D eigenvalue weighted by molar-refractivity contribution is 0.548. The van der Waals surface area contributed by atoms with Crippen LogP contribution in [0.3, 0.4) is 0 Å². The molecule has 116 valence electrons. The lowest BCUT2D eigenvalue weighted by Crippen LogP contribution is -2.01. The summed E-state index contributed by atoms with van der Waals surface area (Å²) >= 11 is 3.20. The highest BCUT2D eigenvalue weighted by Crippen LogP contribution is 2.40. The van der Waals surface area contributed by atoms with Gasteiger partial charge in [0.15, 0.2) is 0 Å². The molecule has 3 rings (SSSR count). The first-order valence-corrected chi connectivity index (χ1v) is 7.51. The summed E-state index contributed by atoms with van der Waals surface area (Å²) in [6, 6.07) is 10.4. The highest BCUT2D eigenvalue weighted by atomic mass is 79.9. The summed E-state index contributed by atoms with van der Waals surface area (Å²) in [4.78, 5) is 0. The number of nitrogens with zero attached hydrogens (tertiary/aromatic N) is 2. The van der Waals surface area contributed by atoms with E-state index in [4.69, 9.17) is 0 Å². The smallest absolute Gasteiger partial charge is 0.137 e. The van der Waals surface area contributed by atoms with E-state index in [1.807, 2.05) is 18.2 Å². The summed E-state index contributed by atoms with van der Waals surface area (Å²) < 4.78 is 41.9. The average Bonchev–Trinajstić information content (AvgIpc) is 2.50. The van der Waals surface area contributed by atoms with Crippen molar-refractivity contribution in [2.45, 2.75) is 6.92 Å². The number of hydrogen-bond acceptors (Lipinski definition) is 2. The molecule has 0 amide bonds. The number of aryl methyl sites for hydroxylation is 1. The van der Waals surface area contributed by atoms with Gasteiger partial charge in [-0.15, -0.1) is 5.10 Å². The van der Waals surface area contributed by atoms with Crippen molar-refractivity contribution in [1.82, 2.24) is 10.2 Å². The largest absolute Gasteiger partial charge is 0.207 e. The van der Waals surface area contributed by atoms with Gasteiger partial charge in [0.25, 0.3) is 0 Å². The second-order valence-corrected chi connectivity index (χ2v) is 5.69. The third kappa shape index (κ3) is 2.86. The molecule has 0 saturated heterocycles. The molecule has 0 aliphatic carbocycles. The van der Waals surface area contributed by atoms with Gasteiger partial charge in [0.2, 0.25) is 0 Å². The molecular weight excluding hydrogens is 369 g/mol. The molecule has 0 aliphatic heterocycles. The average molecular weight is 379 g/mol. The molecule has 6 heteroatoms. The molecule has 0 fully saturated rings. The van der Waals surface area contributed by atoms with Gasteiger partial charge in [0.1, 0.15) is 22.1 Å². The molecule has 1 aromatic heterocycles. The van der Waals surface area contributed by atoms with Crippen LogP contribution < -0.4 is 0 Å². The van der Waals surface area contributed by atoms with E-state index < -0.39 is 17.5 Å². The Bertz CT molecular complexity index is 860. The summed E-state index contributed by atoms with van der Waals surface area (Å²) in [7, 11) is 0. The van der Waals surface area contributed by atoms with Crippen LogP contribution in [-0.4, -0.2) is 10.2 Å². The van der Waals surface area contributed by atoms with Gasteiger partial charge in [0, 0.05) is 23.3 Å². The zero-order chi connectivity index (χ0) is 16.6. The topological polar surface area (TPSA) is 25.8 Å². The van der Waals surface area contributed by atoms with Crippen molar-refractivity contribution in [1.29, 1.82) is 0 Å². The summed E-state index contributed by atoms with van der Waals surface area (Å²) in [5.74, 6) is -2.96. The van der Waals surface area contributed by atoms with E-state index in [9.17, 15) is 13.2 Å². The third-order valence-electron chi connectivity index (χ3n) is 3.43. The second-order valence-electron chi connectivity index (χ2n) is 4.94. The lowest BCUT2D eigenvalue weighted by Gasteiger charge is -2.15. The van der Waals surface area contributed by atoms with Crippen LogP contribution in [-0.2, 0) is 0 Å². The Hall–Kier alpha value is -2.21. The van der Waals surface area contributed by atoms with E-state index in [0.29, 0.717) is 23.4 Å². The fourth-order valence-electron chi connectivity index (χ4n) is 2.47. The maximum Gasteiger partial charge on any atom is 0.137 e. The molecule has 3 aromatic rings. The van der Waals surface area contributed by atoms with Gasteiger partial charge in [-0.2, -0.15) is 5.10 Å². The molecule has 1 heterocycles. The zero-order valence-electron chi connectivity index (χ0n) is 11.9. The van der Waals surface area contributed by atoms with Crippen LogP contribution in [0.2, 0.25) is 0 Å². The van der Waals surface area contributed by atoms with Gasteiger partial charge in [0.05, 0.1) is 11.3 Å². The first-order chi connectivity index (χ1) is 11.0. The van der Waals surface area contributed by atoms with Crippen molar-refractivity contribution in [2.24, 2.45) is 0 Å². The fourth-order valence-corrected chi connectivity index (χ4v) is 2.95. The Labute approximate surface area is 139 Å². The Kier molecular flexibility index (Phi) is 4.17. The summed E-state index contributed by atoms with van der Waals surface area (Å²) in [5.41, 5.74) is 1.65. The summed E-state index contributed by atoms with van der Waals surface area (Å²) in [6.07, 6.45) is 0. The van der Waals surface area contributed by atoms with Gasteiger partial charge in [-0.05, 0) is 28.4 Å². The van der Waals surface area contributed by atoms with Crippen LogP contribution in [0.5, 0.6) is 0 Å². The van der Waals surface area contributed by atoms with Crippen molar-refractivity contribution in [3.05, 3.63) is 70.2 Å². The van der Waals surface area contributed by atoms with Gasteiger partial charge in [-0.25, -0.2) is 13.2 Å². The standard InChI is InChI=1S/C17H10BrF3N2/c1-9-14(10-5-3-2-4-6-10)16(17(18)23-22-9)15-12(20)7-11(19)8-13(15)21/h2-8H,1H3. The Morgan fingerprint density at radius 2 is 1.43 bits per heavy atom. The van der Waals surface area contributed by atoms with E-state index >= 15 is 0 Å². The SMILES string of the molecule is Cc1nnc(Br)c(-c2c(F)cc(F)cc2F)c1-c1ccccc1. The molecular formula is C17H10BrF3N2. The Balaban J connectivity index is 2.40. The van der Waals surface area contributed by atoms with Crippen LogP contribution in [0.15, 0.2) is 47.1 Å². The first-order valence-electron chi connectivity index (χ1n) is 6.72. The molecule has 2 nitrogen and oxygen atoms in total. The normalized spacial score (nSPS) is 10.8. The molecule has 0 spiro atoms. The number of rotatable bonds is 2. The molecule has 0 unspecified atom stereocenters. The zero-order valence-corrected chi connectivity index (χ0v) is 13.5. The molecule has 0 N–H and O–H groups in total. The van der Waals surface area contributed by atoms with E-state index in [1.54, 1.807) is 19.1 Å². The van der Waals surface area contributed by atoms with E-state index in [0.717, 1.165) is 5.56 Å². The van der Waals surface area contributed by atoms with Crippen LogP contribution in [0.4, 0.5) is 13.2 Å². The predicted octanol–water partition coefficient (Wildman–Crippen LogP) is 5.30. The van der Waals surface area contributed by atoms with E-state index in [2.05, 4.69) is 26.1 Å². The highest BCUT2D eigenvalue weighted by molar-refractivity contribution is 9.10. The monoisotopic (exact) mass is 378 g/mol. The predicted molar refractivity (Wildman–Crippen MR) is 85.2 cm³/mol.